The molecule has 24 heavy (non-hydrogen) atoms. The van der Waals surface area contributed by atoms with E-state index in [1.807, 2.05) is 0 Å². The van der Waals surface area contributed by atoms with Crippen LogP contribution in [0.5, 0.6) is 5.75 Å². The molecule has 0 aromatic heterocycles. The first-order valence-electron chi connectivity index (χ1n) is 6.77. The van der Waals surface area contributed by atoms with Crippen LogP contribution in [0, 0.1) is 0 Å². The molecule has 0 bridgehead atoms. The zero-order valence-electron chi connectivity index (χ0n) is 12.3. The molecule has 0 fully saturated rings. The van der Waals surface area contributed by atoms with E-state index >= 15 is 0 Å². The summed E-state index contributed by atoms with van der Waals surface area (Å²) in [4.78, 5) is 10.6. The van der Waals surface area contributed by atoms with Crippen molar-refractivity contribution in [3.05, 3.63) is 52.5 Å². The number of para-hydroxylation sites is 2. The van der Waals surface area contributed by atoms with Gasteiger partial charge in [-0.1, -0.05) is 35.3 Å². The van der Waals surface area contributed by atoms with Crippen molar-refractivity contribution in [2.75, 3.05) is 11.3 Å². The van der Waals surface area contributed by atoms with Gasteiger partial charge in [-0.3, -0.25) is 9.52 Å². The van der Waals surface area contributed by atoms with E-state index in [0.29, 0.717) is 0 Å². The summed E-state index contributed by atoms with van der Waals surface area (Å²) in [6.45, 7) is 0.0337. The van der Waals surface area contributed by atoms with E-state index in [0.717, 1.165) is 0 Å². The van der Waals surface area contributed by atoms with Gasteiger partial charge in [0, 0.05) is 5.02 Å². The molecule has 0 aliphatic rings. The largest absolute Gasteiger partial charge is 0.491 e. The van der Waals surface area contributed by atoms with Gasteiger partial charge < -0.3 is 10.5 Å². The van der Waals surface area contributed by atoms with Crippen LogP contribution in [0.4, 0.5) is 5.69 Å². The van der Waals surface area contributed by atoms with Crippen molar-refractivity contribution < 1.29 is 17.9 Å². The predicted octanol–water partition coefficient (Wildman–Crippen LogP) is 3.05. The van der Waals surface area contributed by atoms with E-state index in [2.05, 4.69) is 4.72 Å². The van der Waals surface area contributed by atoms with Crippen LogP contribution in [0.1, 0.15) is 6.42 Å². The minimum absolute atomic E-state index is 0.0151. The Balaban J connectivity index is 2.26. The van der Waals surface area contributed by atoms with Gasteiger partial charge in [0.2, 0.25) is 5.91 Å². The number of carbonyl (C=O) groups excluding carboxylic acids is 1. The van der Waals surface area contributed by atoms with Crippen molar-refractivity contribution in [2.45, 2.75) is 11.3 Å². The molecule has 128 valence electrons. The molecule has 0 aliphatic carbocycles. The van der Waals surface area contributed by atoms with Gasteiger partial charge in [0.1, 0.15) is 10.6 Å². The van der Waals surface area contributed by atoms with Crippen molar-refractivity contribution in [1.29, 1.82) is 0 Å². The van der Waals surface area contributed by atoms with Crippen molar-refractivity contribution in [1.82, 2.24) is 0 Å². The molecule has 0 saturated carbocycles. The van der Waals surface area contributed by atoms with Crippen LogP contribution >= 0.6 is 23.2 Å². The standard InChI is InChI=1S/C15H14Cl2N2O4S/c16-10-5-6-11(17)14(9-10)24(21,22)19-12-3-1-2-4-13(12)23-8-7-15(18)20/h1-6,9,19H,7-8H2,(H2,18,20). The third-order valence-corrected chi connectivity index (χ3v) is 5.00. The van der Waals surface area contributed by atoms with Gasteiger partial charge >= 0.3 is 0 Å². The monoisotopic (exact) mass is 388 g/mol. The number of halogens is 2. The Morgan fingerprint density at radius 1 is 1.17 bits per heavy atom. The molecule has 0 saturated heterocycles. The normalized spacial score (nSPS) is 11.1. The van der Waals surface area contributed by atoms with Gasteiger partial charge in [-0.2, -0.15) is 0 Å². The molecule has 0 unspecified atom stereocenters. The van der Waals surface area contributed by atoms with Crippen LogP contribution in [0.2, 0.25) is 10.0 Å². The zero-order chi connectivity index (χ0) is 17.7. The predicted molar refractivity (Wildman–Crippen MR) is 93.0 cm³/mol. The third-order valence-electron chi connectivity index (χ3n) is 2.92. The van der Waals surface area contributed by atoms with E-state index in [1.54, 1.807) is 18.2 Å². The van der Waals surface area contributed by atoms with Gasteiger partial charge in [-0.05, 0) is 30.3 Å². The highest BCUT2D eigenvalue weighted by Crippen LogP contribution is 2.30. The van der Waals surface area contributed by atoms with Gasteiger partial charge in [0.05, 0.1) is 23.7 Å². The molecular formula is C15H14Cl2N2O4S. The summed E-state index contributed by atoms with van der Waals surface area (Å²) < 4.78 is 32.8. The van der Waals surface area contributed by atoms with E-state index in [9.17, 15) is 13.2 Å². The highest BCUT2D eigenvalue weighted by Gasteiger charge is 2.20. The molecule has 3 N–H and O–H groups in total. The minimum Gasteiger partial charge on any atom is -0.491 e. The fraction of sp³-hybridized carbons (Fsp3) is 0.133. The number of amides is 1. The maximum Gasteiger partial charge on any atom is 0.263 e. The number of rotatable bonds is 7. The molecule has 2 aromatic rings. The topological polar surface area (TPSA) is 98.5 Å². The number of hydrogen-bond donors (Lipinski definition) is 2. The number of ether oxygens (including phenoxy) is 1. The quantitative estimate of drug-likeness (QED) is 0.761. The van der Waals surface area contributed by atoms with Crippen molar-refractivity contribution in [3.63, 3.8) is 0 Å². The first kappa shape index (κ1) is 18.4. The minimum atomic E-state index is -3.97. The van der Waals surface area contributed by atoms with E-state index in [4.69, 9.17) is 33.7 Å². The average molecular weight is 389 g/mol. The number of primary amides is 1. The Bertz CT molecular complexity index is 856. The van der Waals surface area contributed by atoms with Gasteiger partial charge in [-0.15, -0.1) is 0 Å². The fourth-order valence-electron chi connectivity index (χ4n) is 1.82. The number of anilines is 1. The van der Waals surface area contributed by atoms with Crippen LogP contribution in [-0.2, 0) is 14.8 Å². The highest BCUT2D eigenvalue weighted by atomic mass is 35.5. The first-order chi connectivity index (χ1) is 11.3. The smallest absolute Gasteiger partial charge is 0.263 e. The lowest BCUT2D eigenvalue weighted by atomic mass is 10.3. The lowest BCUT2D eigenvalue weighted by molar-refractivity contribution is -0.118. The molecule has 9 heteroatoms. The summed E-state index contributed by atoms with van der Waals surface area (Å²) in [7, 11) is -3.97. The van der Waals surface area contributed by atoms with Gasteiger partial charge in [0.15, 0.2) is 0 Å². The molecule has 2 aromatic carbocycles. The molecule has 0 heterocycles. The van der Waals surface area contributed by atoms with Crippen molar-refractivity contribution in [2.24, 2.45) is 5.73 Å². The van der Waals surface area contributed by atoms with Crippen LogP contribution < -0.4 is 15.2 Å². The Morgan fingerprint density at radius 3 is 2.58 bits per heavy atom. The Kier molecular flexibility index (Phi) is 5.93. The van der Waals surface area contributed by atoms with Crippen LogP contribution in [0.15, 0.2) is 47.4 Å². The van der Waals surface area contributed by atoms with Crippen molar-refractivity contribution >= 4 is 44.8 Å². The third kappa shape index (κ3) is 4.77. The van der Waals surface area contributed by atoms with E-state index in [-0.39, 0.29) is 39.4 Å². The Labute approximate surface area is 149 Å². The summed E-state index contributed by atoms with van der Waals surface area (Å²) >= 11 is 11.8. The van der Waals surface area contributed by atoms with Gasteiger partial charge in [-0.25, -0.2) is 8.42 Å². The summed E-state index contributed by atoms with van der Waals surface area (Å²) in [5.74, 6) is -0.251. The van der Waals surface area contributed by atoms with Crippen LogP contribution in [-0.4, -0.2) is 20.9 Å². The number of nitrogens with one attached hydrogen (secondary N) is 1. The average Bonchev–Trinajstić information content (AvgIpc) is 2.50. The maximum absolute atomic E-state index is 12.5. The molecule has 1 amide bonds. The number of benzene rings is 2. The summed E-state index contributed by atoms with van der Waals surface area (Å²) in [5.41, 5.74) is 5.25. The van der Waals surface area contributed by atoms with E-state index < -0.39 is 15.9 Å². The fourth-order valence-corrected chi connectivity index (χ4v) is 3.66. The van der Waals surface area contributed by atoms with Crippen LogP contribution in [0.25, 0.3) is 0 Å². The number of sulfonamides is 1. The second-order valence-corrected chi connectivity index (χ2v) is 7.24. The summed E-state index contributed by atoms with van der Waals surface area (Å²) in [5, 5.41) is 0.282. The van der Waals surface area contributed by atoms with Crippen molar-refractivity contribution in [3.8, 4) is 5.75 Å². The molecule has 2 rings (SSSR count). The summed E-state index contributed by atoms with van der Waals surface area (Å²) in [6.07, 6.45) is 0.0151. The molecule has 0 radical (unpaired) electrons. The maximum atomic E-state index is 12.5. The number of hydrogen-bond acceptors (Lipinski definition) is 4. The highest BCUT2D eigenvalue weighted by molar-refractivity contribution is 7.92. The molecule has 0 spiro atoms. The molecule has 0 aliphatic heterocycles. The Morgan fingerprint density at radius 2 is 1.88 bits per heavy atom. The van der Waals surface area contributed by atoms with E-state index in [1.165, 1.54) is 24.3 Å². The number of nitrogens with two attached hydrogens (primary N) is 1. The lowest BCUT2D eigenvalue weighted by Gasteiger charge is -2.14. The summed E-state index contributed by atoms with van der Waals surface area (Å²) in [6, 6.07) is 10.5. The van der Waals surface area contributed by atoms with Crippen LogP contribution in [0.3, 0.4) is 0 Å². The molecular weight excluding hydrogens is 375 g/mol. The lowest BCUT2D eigenvalue weighted by Crippen LogP contribution is -2.16. The number of carbonyl (C=O) groups is 1. The second kappa shape index (κ2) is 7.74. The molecule has 0 atom stereocenters. The first-order valence-corrected chi connectivity index (χ1v) is 9.01. The SMILES string of the molecule is NC(=O)CCOc1ccccc1NS(=O)(=O)c1cc(Cl)ccc1Cl. The van der Waals surface area contributed by atoms with Gasteiger partial charge in [0.25, 0.3) is 10.0 Å². The molecule has 6 nitrogen and oxygen atoms in total. The Hall–Kier alpha value is -1.96. The second-order valence-electron chi connectivity index (χ2n) is 4.74. The zero-order valence-corrected chi connectivity index (χ0v) is 14.7.